The van der Waals surface area contributed by atoms with Gasteiger partial charge in [-0.2, -0.15) is 0 Å². The molecular weight excluding hydrogens is 364 g/mol. The standard InChI is InChI=1S/C22H24N6O/c1-13-11-14(2)25-21-20(13)22-26-15(3)18(16(4)28(22)27-21)8-9-19(29)24-12-17-7-5-6-10-23-17/h5-7,10-11H,8-9,12H2,1-4H3,(H,24,29). The van der Waals surface area contributed by atoms with Crippen LogP contribution in [0, 0.1) is 27.7 Å². The van der Waals surface area contributed by atoms with Crippen LogP contribution in [-0.4, -0.2) is 30.5 Å². The first-order valence-electron chi connectivity index (χ1n) is 9.73. The number of amides is 1. The Labute approximate surface area is 169 Å². The van der Waals surface area contributed by atoms with Crippen molar-refractivity contribution in [1.29, 1.82) is 0 Å². The van der Waals surface area contributed by atoms with E-state index in [1.165, 1.54) is 0 Å². The summed E-state index contributed by atoms with van der Waals surface area (Å²) in [5.74, 6) is -0.00619. The minimum Gasteiger partial charge on any atom is -0.350 e. The lowest BCUT2D eigenvalue weighted by Gasteiger charge is -2.11. The SMILES string of the molecule is Cc1cc(C)c2c(n1)nn1c(C)c(CCC(=O)NCc3ccccn3)c(C)nc21. The highest BCUT2D eigenvalue weighted by Gasteiger charge is 2.17. The fraction of sp³-hybridized carbons (Fsp3) is 0.318. The summed E-state index contributed by atoms with van der Waals surface area (Å²) < 4.78 is 1.86. The summed E-state index contributed by atoms with van der Waals surface area (Å²) in [6, 6.07) is 7.72. The van der Waals surface area contributed by atoms with Gasteiger partial charge in [0, 0.05) is 29.7 Å². The van der Waals surface area contributed by atoms with E-state index < -0.39 is 0 Å². The van der Waals surface area contributed by atoms with E-state index in [0.29, 0.717) is 25.0 Å². The predicted octanol–water partition coefficient (Wildman–Crippen LogP) is 3.16. The van der Waals surface area contributed by atoms with Gasteiger partial charge in [-0.25, -0.2) is 14.5 Å². The van der Waals surface area contributed by atoms with E-state index in [-0.39, 0.29) is 5.91 Å². The number of nitrogens with zero attached hydrogens (tertiary/aromatic N) is 5. The van der Waals surface area contributed by atoms with Crippen molar-refractivity contribution in [3.63, 3.8) is 0 Å². The zero-order valence-electron chi connectivity index (χ0n) is 17.2. The third kappa shape index (κ3) is 3.68. The van der Waals surface area contributed by atoms with Crippen molar-refractivity contribution in [2.45, 2.75) is 47.1 Å². The van der Waals surface area contributed by atoms with Gasteiger partial charge in [0.05, 0.1) is 17.6 Å². The number of carbonyl (C=O) groups excluding carboxylic acids is 1. The molecule has 0 atom stereocenters. The summed E-state index contributed by atoms with van der Waals surface area (Å²) in [6.45, 7) is 8.48. The third-order valence-corrected chi connectivity index (χ3v) is 5.20. The topological polar surface area (TPSA) is 85.1 Å². The maximum Gasteiger partial charge on any atom is 0.220 e. The fourth-order valence-electron chi connectivity index (χ4n) is 3.75. The van der Waals surface area contributed by atoms with Crippen molar-refractivity contribution in [2.75, 3.05) is 0 Å². The monoisotopic (exact) mass is 388 g/mol. The van der Waals surface area contributed by atoms with Crippen molar-refractivity contribution >= 4 is 22.6 Å². The van der Waals surface area contributed by atoms with Gasteiger partial charge in [-0.1, -0.05) is 6.07 Å². The molecular formula is C22H24N6O. The Kier molecular flexibility index (Phi) is 4.96. The van der Waals surface area contributed by atoms with E-state index in [1.807, 2.05) is 43.5 Å². The van der Waals surface area contributed by atoms with Gasteiger partial charge < -0.3 is 5.32 Å². The van der Waals surface area contributed by atoms with Gasteiger partial charge in [0.1, 0.15) is 0 Å². The average Bonchev–Trinajstić information content (AvgIpc) is 3.05. The largest absolute Gasteiger partial charge is 0.350 e. The molecule has 0 aromatic carbocycles. The molecule has 4 rings (SSSR count). The van der Waals surface area contributed by atoms with Crippen LogP contribution in [0.15, 0.2) is 30.5 Å². The molecule has 148 valence electrons. The van der Waals surface area contributed by atoms with Gasteiger partial charge >= 0.3 is 0 Å². The minimum atomic E-state index is -0.00619. The van der Waals surface area contributed by atoms with Gasteiger partial charge in [0.25, 0.3) is 0 Å². The Morgan fingerprint density at radius 3 is 2.72 bits per heavy atom. The average molecular weight is 388 g/mol. The molecule has 0 aliphatic rings. The van der Waals surface area contributed by atoms with Gasteiger partial charge in [0.15, 0.2) is 11.3 Å². The summed E-state index contributed by atoms with van der Waals surface area (Å²) in [7, 11) is 0. The summed E-state index contributed by atoms with van der Waals surface area (Å²) >= 11 is 0. The molecule has 29 heavy (non-hydrogen) atoms. The summed E-state index contributed by atoms with van der Waals surface area (Å²) in [6.07, 6.45) is 2.72. The third-order valence-electron chi connectivity index (χ3n) is 5.20. The van der Waals surface area contributed by atoms with Crippen molar-refractivity contribution in [2.24, 2.45) is 0 Å². The number of pyridine rings is 2. The maximum absolute atomic E-state index is 12.3. The van der Waals surface area contributed by atoms with Crippen LogP contribution in [-0.2, 0) is 17.8 Å². The Hall–Kier alpha value is -3.35. The lowest BCUT2D eigenvalue weighted by molar-refractivity contribution is -0.121. The Morgan fingerprint density at radius 1 is 1.14 bits per heavy atom. The summed E-state index contributed by atoms with van der Waals surface area (Å²) in [5.41, 5.74) is 7.42. The first-order chi connectivity index (χ1) is 13.9. The molecule has 4 aromatic rings. The smallest absolute Gasteiger partial charge is 0.220 e. The predicted molar refractivity (Wildman–Crippen MR) is 112 cm³/mol. The number of hydrogen-bond acceptors (Lipinski definition) is 5. The van der Waals surface area contributed by atoms with Crippen molar-refractivity contribution < 1.29 is 4.79 Å². The Morgan fingerprint density at radius 2 is 1.97 bits per heavy atom. The van der Waals surface area contributed by atoms with Crippen molar-refractivity contribution in [3.05, 3.63) is 64.4 Å². The van der Waals surface area contributed by atoms with E-state index in [0.717, 1.165) is 44.9 Å². The highest BCUT2D eigenvalue weighted by molar-refractivity contribution is 5.93. The second kappa shape index (κ2) is 7.58. The zero-order chi connectivity index (χ0) is 20.5. The molecule has 0 spiro atoms. The lowest BCUT2D eigenvalue weighted by atomic mass is 10.1. The molecule has 0 saturated carbocycles. The fourth-order valence-corrected chi connectivity index (χ4v) is 3.75. The Bertz CT molecular complexity index is 1210. The van der Waals surface area contributed by atoms with Crippen LogP contribution in [0.25, 0.3) is 16.7 Å². The summed E-state index contributed by atoms with van der Waals surface area (Å²) in [4.78, 5) is 25.9. The van der Waals surface area contributed by atoms with Crippen LogP contribution >= 0.6 is 0 Å². The number of aryl methyl sites for hydroxylation is 4. The number of carbonyl (C=O) groups is 1. The normalized spacial score (nSPS) is 11.3. The number of rotatable bonds is 5. The molecule has 0 radical (unpaired) electrons. The second-order valence-electron chi connectivity index (χ2n) is 7.37. The van der Waals surface area contributed by atoms with Crippen LogP contribution in [0.1, 0.15) is 40.3 Å². The molecule has 7 nitrogen and oxygen atoms in total. The van der Waals surface area contributed by atoms with Crippen molar-refractivity contribution in [1.82, 2.24) is 29.9 Å². The van der Waals surface area contributed by atoms with Gasteiger partial charge in [-0.3, -0.25) is 9.78 Å². The molecule has 0 aliphatic heterocycles. The van der Waals surface area contributed by atoms with E-state index in [9.17, 15) is 4.79 Å². The van der Waals surface area contributed by atoms with E-state index in [1.54, 1.807) is 6.20 Å². The maximum atomic E-state index is 12.3. The van der Waals surface area contributed by atoms with E-state index in [2.05, 4.69) is 33.4 Å². The second-order valence-corrected chi connectivity index (χ2v) is 7.37. The molecule has 0 fully saturated rings. The molecule has 4 heterocycles. The first kappa shape index (κ1) is 19.0. The molecule has 7 heteroatoms. The van der Waals surface area contributed by atoms with E-state index in [4.69, 9.17) is 4.98 Å². The van der Waals surface area contributed by atoms with Crippen LogP contribution < -0.4 is 5.32 Å². The van der Waals surface area contributed by atoms with Crippen LogP contribution in [0.2, 0.25) is 0 Å². The van der Waals surface area contributed by atoms with Gasteiger partial charge in [-0.05, 0) is 63.4 Å². The Balaban J connectivity index is 1.57. The van der Waals surface area contributed by atoms with Gasteiger partial charge in [0.2, 0.25) is 5.91 Å². The number of hydrogen-bond donors (Lipinski definition) is 1. The molecule has 1 amide bonds. The molecule has 0 aliphatic carbocycles. The number of nitrogens with one attached hydrogen (secondary N) is 1. The van der Waals surface area contributed by atoms with E-state index >= 15 is 0 Å². The number of aromatic nitrogens is 5. The molecule has 1 N–H and O–H groups in total. The van der Waals surface area contributed by atoms with Gasteiger partial charge in [-0.15, -0.1) is 5.10 Å². The van der Waals surface area contributed by atoms with Crippen molar-refractivity contribution in [3.8, 4) is 0 Å². The highest BCUT2D eigenvalue weighted by atomic mass is 16.1. The minimum absolute atomic E-state index is 0.00619. The first-order valence-corrected chi connectivity index (χ1v) is 9.73. The molecule has 0 bridgehead atoms. The molecule has 4 aromatic heterocycles. The summed E-state index contributed by atoms with van der Waals surface area (Å²) in [5, 5.41) is 8.59. The lowest BCUT2D eigenvalue weighted by Crippen LogP contribution is -2.23. The van der Waals surface area contributed by atoms with Crippen LogP contribution in [0.5, 0.6) is 0 Å². The molecule has 0 unspecified atom stereocenters. The molecule has 0 saturated heterocycles. The van der Waals surface area contributed by atoms with Crippen LogP contribution in [0.4, 0.5) is 0 Å². The highest BCUT2D eigenvalue weighted by Crippen LogP contribution is 2.25. The number of fused-ring (bicyclic) bond motifs is 3. The van der Waals surface area contributed by atoms with Crippen LogP contribution in [0.3, 0.4) is 0 Å². The quantitative estimate of drug-likeness (QED) is 0.568. The zero-order valence-corrected chi connectivity index (χ0v) is 17.2.